The van der Waals surface area contributed by atoms with Gasteiger partial charge >= 0.3 is 5.97 Å². The lowest BCUT2D eigenvalue weighted by Gasteiger charge is -2.19. The van der Waals surface area contributed by atoms with Gasteiger partial charge in [-0.15, -0.1) is 6.58 Å². The molecule has 128 valence electrons. The minimum absolute atomic E-state index is 0.183. The molecule has 1 amide bonds. The Balaban J connectivity index is 1.91. The van der Waals surface area contributed by atoms with Crippen molar-refractivity contribution in [2.24, 2.45) is 0 Å². The maximum absolute atomic E-state index is 13.0. The molecule has 1 aliphatic rings. The van der Waals surface area contributed by atoms with Crippen LogP contribution in [0, 0.1) is 0 Å². The fraction of sp³-hybridized carbons (Fsp3) is 0.238. The van der Waals surface area contributed by atoms with Gasteiger partial charge in [0.2, 0.25) is 5.91 Å². The Labute approximate surface area is 147 Å². The molecule has 3 rings (SSSR count). The summed E-state index contributed by atoms with van der Waals surface area (Å²) in [5, 5.41) is 2.86. The Hall–Kier alpha value is -2.88. The predicted molar refractivity (Wildman–Crippen MR) is 97.1 cm³/mol. The number of hydrogen-bond donors (Lipinski definition) is 1. The molecule has 0 fully saturated rings. The number of nitrogens with one attached hydrogen (secondary N) is 1. The Kier molecular flexibility index (Phi) is 4.98. The summed E-state index contributed by atoms with van der Waals surface area (Å²) in [5.74, 6) is -1.03. The van der Waals surface area contributed by atoms with Crippen LogP contribution in [0.3, 0.4) is 0 Å². The van der Waals surface area contributed by atoms with Gasteiger partial charge in [-0.2, -0.15) is 0 Å². The highest BCUT2D eigenvalue weighted by molar-refractivity contribution is 5.97. The first kappa shape index (κ1) is 17.0. The van der Waals surface area contributed by atoms with E-state index in [9.17, 15) is 9.59 Å². The third-order valence-electron chi connectivity index (χ3n) is 4.56. The van der Waals surface area contributed by atoms with Crippen molar-refractivity contribution in [2.75, 3.05) is 7.11 Å². The lowest BCUT2D eigenvalue weighted by Crippen LogP contribution is -2.43. The average molecular weight is 335 g/mol. The predicted octanol–water partition coefficient (Wildman–Crippen LogP) is 3.42. The number of rotatable bonds is 6. The highest BCUT2D eigenvalue weighted by atomic mass is 16.5. The van der Waals surface area contributed by atoms with Gasteiger partial charge < -0.3 is 10.1 Å². The van der Waals surface area contributed by atoms with Crippen LogP contribution in [0.5, 0.6) is 0 Å². The van der Waals surface area contributed by atoms with Gasteiger partial charge in [0.05, 0.1) is 13.0 Å². The quantitative estimate of drug-likeness (QED) is 0.650. The largest absolute Gasteiger partial charge is 0.467 e. The fourth-order valence-corrected chi connectivity index (χ4v) is 3.37. The fourth-order valence-electron chi connectivity index (χ4n) is 3.37. The van der Waals surface area contributed by atoms with E-state index in [1.807, 2.05) is 48.5 Å². The monoisotopic (exact) mass is 335 g/mol. The second-order valence-electron chi connectivity index (χ2n) is 6.06. The van der Waals surface area contributed by atoms with Gasteiger partial charge in [0, 0.05) is 0 Å². The Morgan fingerprint density at radius 1 is 1.12 bits per heavy atom. The first-order chi connectivity index (χ1) is 12.2. The number of ether oxygens (including phenoxy) is 1. The zero-order chi connectivity index (χ0) is 17.8. The molecule has 2 aromatic carbocycles. The molecular formula is C21H21NO3. The first-order valence-electron chi connectivity index (χ1n) is 8.34. The van der Waals surface area contributed by atoms with E-state index in [-0.39, 0.29) is 5.91 Å². The molecule has 0 heterocycles. The molecule has 0 bridgehead atoms. The number of hydrogen-bond acceptors (Lipinski definition) is 3. The second-order valence-corrected chi connectivity index (χ2v) is 6.06. The van der Waals surface area contributed by atoms with E-state index < -0.39 is 17.9 Å². The smallest absolute Gasteiger partial charge is 0.328 e. The van der Waals surface area contributed by atoms with E-state index in [4.69, 9.17) is 4.74 Å². The topological polar surface area (TPSA) is 55.4 Å². The number of amides is 1. The lowest BCUT2D eigenvalue weighted by atomic mass is 9.95. The normalized spacial score (nSPS) is 13.5. The van der Waals surface area contributed by atoms with Crippen molar-refractivity contribution < 1.29 is 14.3 Å². The molecule has 1 atom stereocenters. The molecule has 0 radical (unpaired) electrons. The number of carbonyl (C=O) groups excluding carboxylic acids is 2. The summed E-state index contributed by atoms with van der Waals surface area (Å²) < 4.78 is 4.82. The summed E-state index contributed by atoms with van der Waals surface area (Å²) in [6.45, 7) is 3.67. The lowest BCUT2D eigenvalue weighted by molar-refractivity contribution is -0.145. The summed E-state index contributed by atoms with van der Waals surface area (Å²) in [6, 6.07) is 15.1. The molecule has 0 spiro atoms. The molecule has 4 nitrogen and oxygen atoms in total. The molecule has 0 aliphatic heterocycles. The third kappa shape index (κ3) is 3.20. The zero-order valence-corrected chi connectivity index (χ0v) is 14.2. The Morgan fingerprint density at radius 2 is 1.68 bits per heavy atom. The van der Waals surface area contributed by atoms with Crippen LogP contribution in [0.4, 0.5) is 0 Å². The number of carbonyl (C=O) groups is 2. The van der Waals surface area contributed by atoms with Crippen LogP contribution in [-0.2, 0) is 14.3 Å². The summed E-state index contributed by atoms with van der Waals surface area (Å²) in [5.41, 5.74) is 4.07. The van der Waals surface area contributed by atoms with E-state index >= 15 is 0 Å². The van der Waals surface area contributed by atoms with Gasteiger partial charge in [-0.3, -0.25) is 4.79 Å². The molecule has 1 aliphatic carbocycles. The molecule has 0 unspecified atom stereocenters. The van der Waals surface area contributed by atoms with Crippen LogP contribution in [0.2, 0.25) is 0 Å². The SMILES string of the molecule is C=CCC[C@@H](NC(=O)C1c2ccccc2-c2ccccc21)C(=O)OC. The highest BCUT2D eigenvalue weighted by Gasteiger charge is 2.35. The van der Waals surface area contributed by atoms with Crippen molar-refractivity contribution in [3.8, 4) is 11.1 Å². The molecule has 4 heteroatoms. The third-order valence-corrected chi connectivity index (χ3v) is 4.56. The number of fused-ring (bicyclic) bond motifs is 3. The molecule has 0 saturated carbocycles. The average Bonchev–Trinajstić information content (AvgIpc) is 2.99. The van der Waals surface area contributed by atoms with Gasteiger partial charge in [0.25, 0.3) is 0 Å². The molecular weight excluding hydrogens is 314 g/mol. The minimum Gasteiger partial charge on any atom is -0.467 e. The maximum atomic E-state index is 13.0. The van der Waals surface area contributed by atoms with Gasteiger partial charge in [-0.1, -0.05) is 54.6 Å². The number of benzene rings is 2. The van der Waals surface area contributed by atoms with Crippen molar-refractivity contribution in [3.05, 3.63) is 72.3 Å². The van der Waals surface area contributed by atoms with E-state index in [1.165, 1.54) is 7.11 Å². The second kappa shape index (κ2) is 7.34. The van der Waals surface area contributed by atoms with Crippen molar-refractivity contribution >= 4 is 11.9 Å². The Bertz CT molecular complexity index is 767. The van der Waals surface area contributed by atoms with Gasteiger partial charge in [-0.05, 0) is 35.1 Å². The summed E-state index contributed by atoms with van der Waals surface area (Å²) in [4.78, 5) is 25.0. The number of esters is 1. The standard InChI is InChI=1S/C21H21NO3/c1-3-4-13-18(21(24)25-2)22-20(23)19-16-11-7-5-9-14(16)15-10-6-8-12-17(15)19/h3,5-12,18-19H,1,4,13H2,2H3,(H,22,23)/t18-/m1/s1. The van der Waals surface area contributed by atoms with Crippen LogP contribution in [-0.4, -0.2) is 25.0 Å². The van der Waals surface area contributed by atoms with Crippen LogP contribution in [0.1, 0.15) is 29.9 Å². The van der Waals surface area contributed by atoms with Gasteiger partial charge in [-0.25, -0.2) is 4.79 Å². The summed E-state index contributed by atoms with van der Waals surface area (Å²) in [6.07, 6.45) is 2.82. The molecule has 0 aromatic heterocycles. The van der Waals surface area contributed by atoms with Crippen LogP contribution in [0.25, 0.3) is 11.1 Å². The van der Waals surface area contributed by atoms with Crippen LogP contribution >= 0.6 is 0 Å². The highest BCUT2D eigenvalue weighted by Crippen LogP contribution is 2.44. The van der Waals surface area contributed by atoms with Crippen LogP contribution < -0.4 is 5.32 Å². The van der Waals surface area contributed by atoms with E-state index in [1.54, 1.807) is 6.08 Å². The zero-order valence-electron chi connectivity index (χ0n) is 14.2. The van der Waals surface area contributed by atoms with Crippen molar-refractivity contribution in [1.29, 1.82) is 0 Å². The first-order valence-corrected chi connectivity index (χ1v) is 8.34. The van der Waals surface area contributed by atoms with Crippen molar-refractivity contribution in [3.63, 3.8) is 0 Å². The molecule has 25 heavy (non-hydrogen) atoms. The van der Waals surface area contributed by atoms with Gasteiger partial charge in [0.15, 0.2) is 0 Å². The molecule has 1 N–H and O–H groups in total. The van der Waals surface area contributed by atoms with E-state index in [0.717, 1.165) is 22.3 Å². The van der Waals surface area contributed by atoms with Crippen molar-refractivity contribution in [1.82, 2.24) is 5.32 Å². The van der Waals surface area contributed by atoms with Crippen molar-refractivity contribution in [2.45, 2.75) is 24.8 Å². The number of methoxy groups -OCH3 is 1. The molecule has 2 aromatic rings. The maximum Gasteiger partial charge on any atom is 0.328 e. The number of allylic oxidation sites excluding steroid dienone is 1. The van der Waals surface area contributed by atoms with E-state index in [2.05, 4.69) is 11.9 Å². The molecule has 0 saturated heterocycles. The minimum atomic E-state index is -0.671. The Morgan fingerprint density at radius 3 is 2.20 bits per heavy atom. The van der Waals surface area contributed by atoms with Crippen LogP contribution in [0.15, 0.2) is 61.2 Å². The van der Waals surface area contributed by atoms with E-state index in [0.29, 0.717) is 12.8 Å². The summed E-state index contributed by atoms with van der Waals surface area (Å²) >= 11 is 0. The van der Waals surface area contributed by atoms with Gasteiger partial charge in [0.1, 0.15) is 6.04 Å². The summed E-state index contributed by atoms with van der Waals surface area (Å²) in [7, 11) is 1.33.